The number of aromatic hydroxyl groups is 3. The maximum Gasteiger partial charge on any atom is 0.162 e. The van der Waals surface area contributed by atoms with E-state index in [9.17, 15) is 15.3 Å². The summed E-state index contributed by atoms with van der Waals surface area (Å²) in [4.78, 5) is 2.23. The Bertz CT molecular complexity index is 940. The predicted molar refractivity (Wildman–Crippen MR) is 92.8 cm³/mol. The van der Waals surface area contributed by atoms with E-state index in [0.717, 1.165) is 39.9 Å². The molecule has 25 heavy (non-hydrogen) atoms. The maximum absolute atomic E-state index is 10.7. The first-order valence-electron chi connectivity index (χ1n) is 8.40. The third-order valence-electron chi connectivity index (χ3n) is 5.86. The molecule has 1 atom stereocenters. The highest BCUT2D eigenvalue weighted by Crippen LogP contribution is 2.55. The Balaban J connectivity index is 1.66. The highest BCUT2D eigenvalue weighted by Gasteiger charge is 2.41. The molecule has 5 rings (SSSR count). The van der Waals surface area contributed by atoms with Gasteiger partial charge in [0.05, 0.1) is 7.11 Å². The summed E-state index contributed by atoms with van der Waals surface area (Å²) in [5, 5.41) is 32.2. The van der Waals surface area contributed by atoms with Gasteiger partial charge < -0.3 is 20.1 Å². The summed E-state index contributed by atoms with van der Waals surface area (Å²) in [6, 6.07) is 1.59. The van der Waals surface area contributed by atoms with Crippen LogP contribution in [-0.4, -0.2) is 33.9 Å². The molecule has 3 N–H and O–H groups in total. The van der Waals surface area contributed by atoms with E-state index in [1.165, 1.54) is 7.11 Å². The molecular weight excluding hydrogens is 342 g/mol. The fourth-order valence-electron chi connectivity index (χ4n) is 4.48. The lowest BCUT2D eigenvalue weighted by Gasteiger charge is -2.42. The number of methoxy groups -OCH3 is 1. The van der Waals surface area contributed by atoms with Gasteiger partial charge in [0.15, 0.2) is 11.5 Å². The molecule has 1 aliphatic carbocycles. The topological polar surface area (TPSA) is 73.2 Å². The zero-order valence-corrected chi connectivity index (χ0v) is 14.5. The van der Waals surface area contributed by atoms with Gasteiger partial charge in [0.2, 0.25) is 0 Å². The molecule has 0 saturated heterocycles. The summed E-state index contributed by atoms with van der Waals surface area (Å²) in [6.07, 6.45) is 1.95. The minimum atomic E-state index is -0.0432. The summed E-state index contributed by atoms with van der Waals surface area (Å²) in [5.74, 6) is 1.20. The zero-order valence-electron chi connectivity index (χ0n) is 13.8. The van der Waals surface area contributed by atoms with Crippen LogP contribution < -0.4 is 4.74 Å². The number of hydrogen-bond donors (Lipinski definition) is 3. The van der Waals surface area contributed by atoms with Crippen molar-refractivity contribution in [1.82, 2.24) is 4.90 Å². The van der Waals surface area contributed by atoms with Crippen LogP contribution in [0.4, 0.5) is 0 Å². The second-order valence-corrected chi connectivity index (χ2v) is 7.44. The van der Waals surface area contributed by atoms with Crippen LogP contribution >= 0.6 is 11.6 Å². The van der Waals surface area contributed by atoms with E-state index >= 15 is 0 Å². The fourth-order valence-corrected chi connectivity index (χ4v) is 4.77. The van der Waals surface area contributed by atoms with Crippen molar-refractivity contribution in [3.05, 3.63) is 44.5 Å². The van der Waals surface area contributed by atoms with Crippen LogP contribution in [0.3, 0.4) is 0 Å². The van der Waals surface area contributed by atoms with Crippen LogP contribution in [0, 0.1) is 0 Å². The Morgan fingerprint density at radius 1 is 1.04 bits per heavy atom. The third kappa shape index (κ3) is 1.94. The third-order valence-corrected chi connectivity index (χ3v) is 6.20. The number of phenolic OH excluding ortho intramolecular Hbond substituents is 3. The van der Waals surface area contributed by atoms with Gasteiger partial charge in [0.25, 0.3) is 0 Å². The quantitative estimate of drug-likeness (QED) is 0.582. The Morgan fingerprint density at radius 2 is 1.80 bits per heavy atom. The van der Waals surface area contributed by atoms with Crippen LogP contribution in [0.25, 0.3) is 0 Å². The lowest BCUT2D eigenvalue weighted by atomic mass is 9.83. The van der Waals surface area contributed by atoms with Crippen molar-refractivity contribution < 1.29 is 20.1 Å². The summed E-state index contributed by atoms with van der Waals surface area (Å²) >= 11 is 6.45. The minimum absolute atomic E-state index is 0.0432. The molecule has 3 aliphatic rings. The number of hydrogen-bond acceptors (Lipinski definition) is 5. The summed E-state index contributed by atoms with van der Waals surface area (Å²) in [5.41, 5.74) is 5.13. The van der Waals surface area contributed by atoms with Crippen LogP contribution in [0.15, 0.2) is 6.07 Å². The SMILES string of the molecule is COc1cc(Cl)c2c(c1O)CN1CCc3c(O)c4c(c(O)c3C1C2)C4. The molecule has 0 saturated carbocycles. The van der Waals surface area contributed by atoms with Crippen LogP contribution in [-0.2, 0) is 25.8 Å². The number of ether oxygens (including phenoxy) is 1. The lowest BCUT2D eigenvalue weighted by molar-refractivity contribution is 0.153. The van der Waals surface area contributed by atoms with Crippen molar-refractivity contribution in [2.45, 2.75) is 31.8 Å². The van der Waals surface area contributed by atoms with Gasteiger partial charge in [0.1, 0.15) is 11.5 Å². The first kappa shape index (κ1) is 15.2. The molecule has 130 valence electrons. The monoisotopic (exact) mass is 359 g/mol. The maximum atomic E-state index is 10.7. The molecule has 5 nitrogen and oxygen atoms in total. The largest absolute Gasteiger partial charge is 0.507 e. The molecule has 0 aromatic heterocycles. The van der Waals surface area contributed by atoms with Gasteiger partial charge in [-0.05, 0) is 18.4 Å². The molecule has 0 bridgehead atoms. The van der Waals surface area contributed by atoms with Crippen LogP contribution in [0.1, 0.15) is 39.4 Å². The molecule has 6 heteroatoms. The average Bonchev–Trinajstić information content (AvgIpc) is 3.42. The Kier molecular flexibility index (Phi) is 3.01. The first-order valence-corrected chi connectivity index (χ1v) is 8.78. The van der Waals surface area contributed by atoms with Crippen molar-refractivity contribution >= 4 is 11.6 Å². The number of halogens is 1. The number of phenols is 3. The van der Waals surface area contributed by atoms with E-state index in [4.69, 9.17) is 16.3 Å². The van der Waals surface area contributed by atoms with Gasteiger partial charge in [-0.2, -0.15) is 0 Å². The van der Waals surface area contributed by atoms with Crippen molar-refractivity contribution in [3.8, 4) is 23.0 Å². The molecule has 2 heterocycles. The van der Waals surface area contributed by atoms with Gasteiger partial charge in [-0.25, -0.2) is 0 Å². The highest BCUT2D eigenvalue weighted by atomic mass is 35.5. The van der Waals surface area contributed by atoms with E-state index in [2.05, 4.69) is 4.90 Å². The zero-order chi connectivity index (χ0) is 17.5. The molecule has 2 aliphatic heterocycles. The van der Waals surface area contributed by atoms with Gasteiger partial charge in [-0.15, -0.1) is 0 Å². The molecule has 0 fully saturated rings. The molecule has 1 unspecified atom stereocenters. The van der Waals surface area contributed by atoms with Crippen molar-refractivity contribution in [2.24, 2.45) is 0 Å². The van der Waals surface area contributed by atoms with Crippen molar-refractivity contribution in [2.75, 3.05) is 13.7 Å². The smallest absolute Gasteiger partial charge is 0.162 e. The Morgan fingerprint density at radius 3 is 2.56 bits per heavy atom. The second-order valence-electron chi connectivity index (χ2n) is 7.03. The van der Waals surface area contributed by atoms with E-state index in [1.54, 1.807) is 6.07 Å². The molecular formula is C19H18ClNO4. The first-order chi connectivity index (χ1) is 12.0. The average molecular weight is 360 g/mol. The van der Waals surface area contributed by atoms with Gasteiger partial charge in [-0.3, -0.25) is 4.90 Å². The fraction of sp³-hybridized carbons (Fsp3) is 0.368. The number of benzene rings is 2. The van der Waals surface area contributed by atoms with E-state index in [0.29, 0.717) is 48.1 Å². The molecule has 2 aromatic rings. The molecule has 0 radical (unpaired) electrons. The number of nitrogens with zero attached hydrogens (tertiary/aromatic N) is 1. The lowest BCUT2D eigenvalue weighted by Crippen LogP contribution is -2.39. The van der Waals surface area contributed by atoms with E-state index in [1.807, 2.05) is 0 Å². The van der Waals surface area contributed by atoms with Crippen molar-refractivity contribution in [3.63, 3.8) is 0 Å². The summed E-state index contributed by atoms with van der Waals surface area (Å²) < 4.78 is 5.22. The number of fused-ring (bicyclic) bond motifs is 5. The Hall–Kier alpha value is -2.11. The summed E-state index contributed by atoms with van der Waals surface area (Å²) in [6.45, 7) is 1.30. The van der Waals surface area contributed by atoms with E-state index < -0.39 is 0 Å². The normalized spacial score (nSPS) is 20.3. The van der Waals surface area contributed by atoms with Crippen molar-refractivity contribution in [1.29, 1.82) is 0 Å². The minimum Gasteiger partial charge on any atom is -0.507 e. The molecule has 0 spiro atoms. The van der Waals surface area contributed by atoms with Crippen LogP contribution in [0.2, 0.25) is 5.02 Å². The van der Waals surface area contributed by atoms with Gasteiger partial charge in [-0.1, -0.05) is 11.6 Å². The number of rotatable bonds is 1. The highest BCUT2D eigenvalue weighted by molar-refractivity contribution is 6.31. The molecule has 0 amide bonds. The standard InChI is InChI=1S/C19H18ClNO4/c1-25-15-6-13(20)9-5-14-16-8(17(22)10-4-11(10)19(16)24)2-3-21(14)7-12(9)18(15)23/h6,14,22-24H,2-5,7H2,1H3. The van der Waals surface area contributed by atoms with Gasteiger partial charge in [0, 0.05) is 64.5 Å². The Labute approximate surface area is 150 Å². The predicted octanol–water partition coefficient (Wildman–Crippen LogP) is 3.03. The van der Waals surface area contributed by atoms with Gasteiger partial charge >= 0.3 is 0 Å². The van der Waals surface area contributed by atoms with Crippen LogP contribution in [0.5, 0.6) is 23.0 Å². The second kappa shape index (κ2) is 4.96. The van der Waals surface area contributed by atoms with E-state index in [-0.39, 0.29) is 11.8 Å². The summed E-state index contributed by atoms with van der Waals surface area (Å²) in [7, 11) is 1.51. The molecule has 2 aromatic carbocycles.